The van der Waals surface area contributed by atoms with Gasteiger partial charge in [-0.25, -0.2) is 0 Å². The van der Waals surface area contributed by atoms with Gasteiger partial charge in [-0.2, -0.15) is 0 Å². The molecule has 0 saturated carbocycles. The lowest BCUT2D eigenvalue weighted by atomic mass is 10.1. The summed E-state index contributed by atoms with van der Waals surface area (Å²) >= 11 is 12.2. The fraction of sp³-hybridized carbons (Fsp3) is 0.296. The van der Waals surface area contributed by atoms with Crippen LogP contribution in [0.5, 0.6) is 5.75 Å². The van der Waals surface area contributed by atoms with Gasteiger partial charge in [0.05, 0.1) is 19.8 Å². The maximum Gasteiger partial charge on any atom is 0.253 e. The van der Waals surface area contributed by atoms with Crippen molar-refractivity contribution < 1.29 is 14.3 Å². The van der Waals surface area contributed by atoms with E-state index in [-0.39, 0.29) is 12.0 Å². The topological polar surface area (TPSA) is 42.0 Å². The smallest absolute Gasteiger partial charge is 0.253 e. The number of hydrogen-bond acceptors (Lipinski definition) is 4. The summed E-state index contributed by atoms with van der Waals surface area (Å²) in [6.07, 6.45) is -0.126. The molecule has 1 heterocycles. The summed E-state index contributed by atoms with van der Waals surface area (Å²) in [4.78, 5) is 17.1. The van der Waals surface area contributed by atoms with Crippen molar-refractivity contribution >= 4 is 29.1 Å². The molecule has 3 aromatic carbocycles. The number of ether oxygens (including phenoxy) is 2. The number of carbonyl (C=O) groups excluding carboxylic acids is 1. The van der Waals surface area contributed by atoms with Gasteiger partial charge in [0.15, 0.2) is 0 Å². The number of methoxy groups -OCH3 is 1. The molecule has 0 aliphatic carbocycles. The summed E-state index contributed by atoms with van der Waals surface area (Å²) in [5.41, 5.74) is 2.75. The minimum Gasteiger partial charge on any atom is -0.497 e. The highest BCUT2D eigenvalue weighted by molar-refractivity contribution is 6.31. The van der Waals surface area contributed by atoms with E-state index in [1.807, 2.05) is 65.6 Å². The van der Waals surface area contributed by atoms with Crippen molar-refractivity contribution in [2.75, 3.05) is 39.8 Å². The number of nitrogens with zero attached hydrogens (tertiary/aromatic N) is 2. The van der Waals surface area contributed by atoms with Crippen LogP contribution in [0.2, 0.25) is 10.0 Å². The van der Waals surface area contributed by atoms with Gasteiger partial charge in [0, 0.05) is 48.3 Å². The Morgan fingerprint density at radius 2 is 1.65 bits per heavy atom. The van der Waals surface area contributed by atoms with E-state index in [2.05, 4.69) is 4.90 Å². The quantitative estimate of drug-likeness (QED) is 0.398. The van der Waals surface area contributed by atoms with Crippen molar-refractivity contribution in [2.24, 2.45) is 0 Å². The minimum absolute atomic E-state index is 0.0191. The molecule has 7 heteroatoms. The molecule has 178 valence electrons. The van der Waals surface area contributed by atoms with Gasteiger partial charge >= 0.3 is 0 Å². The molecule has 0 unspecified atom stereocenters. The van der Waals surface area contributed by atoms with E-state index >= 15 is 0 Å². The molecule has 0 spiro atoms. The normalized spacial score (nSPS) is 15.2. The van der Waals surface area contributed by atoms with Crippen LogP contribution in [-0.4, -0.2) is 55.5 Å². The summed E-state index contributed by atoms with van der Waals surface area (Å²) < 4.78 is 11.7. The molecule has 1 saturated heterocycles. The molecule has 5 nitrogen and oxygen atoms in total. The number of halogens is 2. The summed E-state index contributed by atoms with van der Waals surface area (Å²) in [6, 6.07) is 22.8. The first kappa shape index (κ1) is 24.6. The summed E-state index contributed by atoms with van der Waals surface area (Å²) in [6.45, 7) is 4.07. The van der Waals surface area contributed by atoms with Crippen molar-refractivity contribution in [3.05, 3.63) is 99.5 Å². The number of rotatable bonds is 8. The van der Waals surface area contributed by atoms with Crippen LogP contribution in [0.15, 0.2) is 72.8 Å². The van der Waals surface area contributed by atoms with Crippen molar-refractivity contribution in [3.8, 4) is 5.75 Å². The maximum absolute atomic E-state index is 12.8. The lowest BCUT2D eigenvalue weighted by molar-refractivity contribution is 0.00337. The lowest BCUT2D eigenvalue weighted by Crippen LogP contribution is -2.49. The Labute approximate surface area is 210 Å². The second kappa shape index (κ2) is 11.7. The first-order chi connectivity index (χ1) is 16.5. The molecule has 1 aliphatic heterocycles. The number of amides is 1. The number of carbonyl (C=O) groups is 1. The first-order valence-corrected chi connectivity index (χ1v) is 12.0. The van der Waals surface area contributed by atoms with Crippen molar-refractivity contribution in [1.82, 2.24) is 9.80 Å². The lowest BCUT2D eigenvalue weighted by Gasteiger charge is -2.36. The molecule has 1 fully saturated rings. The van der Waals surface area contributed by atoms with Gasteiger partial charge in [0.2, 0.25) is 0 Å². The summed E-state index contributed by atoms with van der Waals surface area (Å²) in [5, 5.41) is 1.27. The summed E-state index contributed by atoms with van der Waals surface area (Å²) in [5.74, 6) is 0.829. The molecule has 0 N–H and O–H groups in total. The fourth-order valence-electron chi connectivity index (χ4n) is 4.06. The summed E-state index contributed by atoms with van der Waals surface area (Å²) in [7, 11) is 1.66. The van der Waals surface area contributed by atoms with E-state index in [0.29, 0.717) is 35.3 Å². The fourth-order valence-corrected chi connectivity index (χ4v) is 4.38. The van der Waals surface area contributed by atoms with E-state index in [1.54, 1.807) is 19.2 Å². The monoisotopic (exact) mass is 498 g/mol. The van der Waals surface area contributed by atoms with Crippen LogP contribution >= 0.6 is 23.2 Å². The zero-order valence-corrected chi connectivity index (χ0v) is 20.6. The van der Waals surface area contributed by atoms with Crippen molar-refractivity contribution in [2.45, 2.75) is 12.7 Å². The molecule has 1 atom stereocenters. The van der Waals surface area contributed by atoms with Gasteiger partial charge in [-0.1, -0.05) is 53.5 Å². The second-order valence-corrected chi connectivity index (χ2v) is 9.18. The third kappa shape index (κ3) is 6.51. The Morgan fingerprint density at radius 3 is 2.35 bits per heavy atom. The minimum atomic E-state index is -0.126. The zero-order chi connectivity index (χ0) is 23.9. The molecule has 0 aromatic heterocycles. The van der Waals surface area contributed by atoms with Crippen molar-refractivity contribution in [3.63, 3.8) is 0 Å². The van der Waals surface area contributed by atoms with E-state index in [1.165, 1.54) is 0 Å². The van der Waals surface area contributed by atoms with Crippen LogP contribution in [0.1, 0.15) is 27.6 Å². The predicted octanol–water partition coefficient (Wildman–Crippen LogP) is 5.72. The average Bonchev–Trinajstić information content (AvgIpc) is 2.87. The van der Waals surface area contributed by atoms with Gasteiger partial charge in [-0.05, 0) is 53.6 Å². The Bertz CT molecular complexity index is 1100. The van der Waals surface area contributed by atoms with Crippen LogP contribution < -0.4 is 4.74 Å². The van der Waals surface area contributed by atoms with Gasteiger partial charge in [0.1, 0.15) is 5.75 Å². The molecule has 0 radical (unpaired) electrons. The highest BCUT2D eigenvalue weighted by Crippen LogP contribution is 2.24. The van der Waals surface area contributed by atoms with Crippen LogP contribution in [0.25, 0.3) is 0 Å². The predicted molar refractivity (Wildman–Crippen MR) is 136 cm³/mol. The third-order valence-corrected chi connectivity index (χ3v) is 6.47. The largest absolute Gasteiger partial charge is 0.497 e. The van der Waals surface area contributed by atoms with E-state index in [9.17, 15) is 4.79 Å². The molecular weight excluding hydrogens is 471 g/mol. The molecule has 1 aliphatic rings. The molecule has 0 bridgehead atoms. The van der Waals surface area contributed by atoms with Crippen LogP contribution in [0.3, 0.4) is 0 Å². The molecular formula is C27H28Cl2N2O3. The molecule has 34 heavy (non-hydrogen) atoms. The van der Waals surface area contributed by atoms with Gasteiger partial charge in [0.25, 0.3) is 5.91 Å². The van der Waals surface area contributed by atoms with Crippen molar-refractivity contribution in [1.29, 1.82) is 0 Å². The molecule has 3 aromatic rings. The molecule has 1 amide bonds. The van der Waals surface area contributed by atoms with E-state index < -0.39 is 0 Å². The van der Waals surface area contributed by atoms with E-state index in [0.717, 1.165) is 36.5 Å². The Hall–Kier alpha value is -2.57. The van der Waals surface area contributed by atoms with Gasteiger partial charge in [-0.3, -0.25) is 9.69 Å². The average molecular weight is 499 g/mol. The number of piperazine rings is 1. The number of benzene rings is 3. The molecule has 4 rings (SSSR count). The van der Waals surface area contributed by atoms with Crippen LogP contribution in [-0.2, 0) is 11.3 Å². The number of hydrogen-bond donors (Lipinski definition) is 0. The highest BCUT2D eigenvalue weighted by atomic mass is 35.5. The Balaban J connectivity index is 1.39. The standard InChI is InChI=1S/C27H28Cl2N2O3/c1-33-25-7-2-4-20(16-25)19-34-26(21-8-10-23(28)11-9-21)18-30-12-14-31(15-13-30)27(32)22-5-3-6-24(29)17-22/h2-11,16-17,26H,12-15,18-19H2,1H3/t26-/m0/s1. The Morgan fingerprint density at radius 1 is 0.912 bits per heavy atom. The van der Waals surface area contributed by atoms with E-state index in [4.69, 9.17) is 32.7 Å². The van der Waals surface area contributed by atoms with Gasteiger partial charge in [-0.15, -0.1) is 0 Å². The highest BCUT2D eigenvalue weighted by Gasteiger charge is 2.25. The zero-order valence-electron chi connectivity index (χ0n) is 19.1. The van der Waals surface area contributed by atoms with Gasteiger partial charge < -0.3 is 14.4 Å². The van der Waals surface area contributed by atoms with Crippen LogP contribution in [0, 0.1) is 0 Å². The first-order valence-electron chi connectivity index (χ1n) is 11.3. The second-order valence-electron chi connectivity index (χ2n) is 8.31. The third-order valence-electron chi connectivity index (χ3n) is 5.98. The Kier molecular flexibility index (Phi) is 8.46. The SMILES string of the molecule is COc1cccc(CO[C@@H](CN2CCN(C(=O)c3cccc(Cl)c3)CC2)c2ccc(Cl)cc2)c1. The van der Waals surface area contributed by atoms with Crippen LogP contribution in [0.4, 0.5) is 0 Å². The maximum atomic E-state index is 12.8.